The maximum absolute atomic E-state index is 14.5. The van der Waals surface area contributed by atoms with Crippen LogP contribution in [0.2, 0.25) is 0 Å². The molecule has 0 N–H and O–H groups in total. The summed E-state index contributed by atoms with van der Waals surface area (Å²) in [6.45, 7) is 13.7. The van der Waals surface area contributed by atoms with E-state index >= 15 is 0 Å². The number of carbonyl (C=O) groups excluding carboxylic acids is 1. The largest absolute Gasteiger partial charge is 0.458 e. The molecule has 1 aliphatic heterocycles. The van der Waals surface area contributed by atoms with Crippen LogP contribution in [-0.4, -0.2) is 51.8 Å². The number of benzene rings is 1. The molecule has 1 fully saturated rings. The van der Waals surface area contributed by atoms with Gasteiger partial charge in [0.1, 0.15) is 28.3 Å². The maximum Gasteiger partial charge on any atom is 0.333 e. The fourth-order valence-corrected chi connectivity index (χ4v) is 6.81. The van der Waals surface area contributed by atoms with Gasteiger partial charge in [-0.25, -0.2) is 19.1 Å². The van der Waals surface area contributed by atoms with Crippen molar-refractivity contribution in [3.8, 4) is 10.8 Å². The van der Waals surface area contributed by atoms with Gasteiger partial charge in [0.05, 0.1) is 36.2 Å². The van der Waals surface area contributed by atoms with Crippen molar-refractivity contribution in [2.75, 3.05) is 19.8 Å². The van der Waals surface area contributed by atoms with Gasteiger partial charge < -0.3 is 23.4 Å². The topological polar surface area (TPSA) is 124 Å². The SMILES string of the molecule is Cc1c(-c2ncco2)sc2c1c(=O)n(C(C)(C)C(=O)OC(C)(C)C)c(=O)n2C[C@H](OCC(C)COC1CCCCO1)c1ccccc1. The first kappa shape index (κ1) is 34.7. The molecule has 1 saturated heterocycles. The molecular formula is C35H45N3O8S. The minimum atomic E-state index is -1.62. The number of hydrogen-bond donors (Lipinski definition) is 0. The number of aromatic nitrogens is 3. The molecule has 3 aromatic heterocycles. The van der Waals surface area contributed by atoms with Crippen molar-refractivity contribution in [1.29, 1.82) is 0 Å². The molecule has 1 aromatic carbocycles. The first-order valence-corrected chi connectivity index (χ1v) is 16.9. The maximum atomic E-state index is 14.5. The van der Waals surface area contributed by atoms with Crippen LogP contribution in [0.1, 0.15) is 78.0 Å². The number of thiophene rings is 1. The third-order valence-corrected chi connectivity index (χ3v) is 9.41. The number of rotatable bonds is 12. The summed E-state index contributed by atoms with van der Waals surface area (Å²) in [5.74, 6) is -0.307. The molecule has 0 bridgehead atoms. The van der Waals surface area contributed by atoms with E-state index in [1.807, 2.05) is 37.3 Å². The molecule has 0 radical (unpaired) electrons. The van der Waals surface area contributed by atoms with Crippen LogP contribution in [0.3, 0.4) is 0 Å². The summed E-state index contributed by atoms with van der Waals surface area (Å²) in [5.41, 5.74) is -2.21. The molecule has 0 spiro atoms. The van der Waals surface area contributed by atoms with Crippen molar-refractivity contribution in [3.63, 3.8) is 0 Å². The monoisotopic (exact) mass is 667 g/mol. The molecule has 0 saturated carbocycles. The Balaban J connectivity index is 1.57. The summed E-state index contributed by atoms with van der Waals surface area (Å²) in [7, 11) is 0. The molecule has 5 rings (SSSR count). The second-order valence-electron chi connectivity index (χ2n) is 13.6. The minimum Gasteiger partial charge on any atom is -0.458 e. The zero-order valence-electron chi connectivity index (χ0n) is 28.2. The first-order chi connectivity index (χ1) is 22.3. The molecule has 12 heteroatoms. The number of ether oxygens (including phenoxy) is 4. The van der Waals surface area contributed by atoms with Crippen molar-refractivity contribution in [2.45, 2.75) is 97.8 Å². The third-order valence-electron chi connectivity index (χ3n) is 8.10. The summed E-state index contributed by atoms with van der Waals surface area (Å²) in [4.78, 5) is 47.6. The second-order valence-corrected chi connectivity index (χ2v) is 14.6. The standard InChI is InChI=1S/C35H45N3O8S/c1-22(21-45-26-15-11-12-17-42-26)20-44-25(24-13-9-8-10-14-24)19-37-31-27(23(2)28(47-31)29-36-16-18-43-29)30(39)38(33(37)41)35(6,7)32(40)46-34(3,4)5/h8-10,13-14,16,18,22,25-26H,11-12,15,17,19-21H2,1-7H3/t22?,25-,26?/m0/s1. The lowest BCUT2D eigenvalue weighted by Gasteiger charge is -2.30. The van der Waals surface area contributed by atoms with E-state index in [0.29, 0.717) is 46.4 Å². The summed E-state index contributed by atoms with van der Waals surface area (Å²) < 4.78 is 32.1. The number of oxazole rings is 1. The van der Waals surface area contributed by atoms with Crippen molar-refractivity contribution < 1.29 is 28.2 Å². The van der Waals surface area contributed by atoms with Crippen LogP contribution in [0.5, 0.6) is 0 Å². The van der Waals surface area contributed by atoms with Crippen LogP contribution in [0.25, 0.3) is 21.0 Å². The van der Waals surface area contributed by atoms with E-state index in [9.17, 15) is 14.4 Å². The molecule has 254 valence electrons. The van der Waals surface area contributed by atoms with Crippen LogP contribution in [0.15, 0.2) is 56.8 Å². The Hall–Kier alpha value is -3.58. The van der Waals surface area contributed by atoms with Gasteiger partial charge in [-0.15, -0.1) is 11.3 Å². The predicted octanol–water partition coefficient (Wildman–Crippen LogP) is 6.20. The Bertz CT molecular complexity index is 1780. The van der Waals surface area contributed by atoms with Gasteiger partial charge in [-0.2, -0.15) is 0 Å². The van der Waals surface area contributed by atoms with Crippen LogP contribution >= 0.6 is 11.3 Å². The van der Waals surface area contributed by atoms with Crippen LogP contribution in [0.4, 0.5) is 0 Å². The highest BCUT2D eigenvalue weighted by Crippen LogP contribution is 2.36. The highest BCUT2D eigenvalue weighted by atomic mass is 32.1. The predicted molar refractivity (Wildman–Crippen MR) is 180 cm³/mol. The van der Waals surface area contributed by atoms with Gasteiger partial charge in [-0.1, -0.05) is 37.3 Å². The number of aryl methyl sites for hydroxylation is 1. The fourth-order valence-electron chi connectivity index (χ4n) is 5.56. The minimum absolute atomic E-state index is 0.0455. The second kappa shape index (κ2) is 14.3. The van der Waals surface area contributed by atoms with Gasteiger partial charge in [0.2, 0.25) is 5.89 Å². The van der Waals surface area contributed by atoms with E-state index in [1.165, 1.54) is 42.2 Å². The lowest BCUT2D eigenvalue weighted by Crippen LogP contribution is -2.54. The molecule has 11 nitrogen and oxygen atoms in total. The average molecular weight is 668 g/mol. The van der Waals surface area contributed by atoms with Crippen LogP contribution in [-0.2, 0) is 35.8 Å². The van der Waals surface area contributed by atoms with Gasteiger partial charge in [-0.05, 0) is 71.9 Å². The van der Waals surface area contributed by atoms with E-state index in [4.69, 9.17) is 23.4 Å². The average Bonchev–Trinajstić information content (AvgIpc) is 3.68. The van der Waals surface area contributed by atoms with Crippen molar-refractivity contribution in [1.82, 2.24) is 14.1 Å². The quantitative estimate of drug-likeness (QED) is 0.162. The molecule has 4 aromatic rings. The van der Waals surface area contributed by atoms with E-state index in [-0.39, 0.29) is 18.8 Å². The van der Waals surface area contributed by atoms with E-state index < -0.39 is 34.5 Å². The Morgan fingerprint density at radius 1 is 1.11 bits per heavy atom. The zero-order valence-corrected chi connectivity index (χ0v) is 29.1. The molecule has 1 aliphatic rings. The highest BCUT2D eigenvalue weighted by Gasteiger charge is 2.39. The first-order valence-electron chi connectivity index (χ1n) is 16.1. The summed E-state index contributed by atoms with van der Waals surface area (Å²) in [6.07, 6.45) is 5.24. The number of fused-ring (bicyclic) bond motifs is 1. The highest BCUT2D eigenvalue weighted by molar-refractivity contribution is 7.22. The Morgan fingerprint density at radius 3 is 2.49 bits per heavy atom. The molecular weight excluding hydrogens is 622 g/mol. The van der Waals surface area contributed by atoms with Crippen molar-refractivity contribution >= 4 is 27.5 Å². The fraction of sp³-hybridized carbons (Fsp3) is 0.543. The van der Waals surface area contributed by atoms with Gasteiger partial charge in [-0.3, -0.25) is 9.36 Å². The normalized spacial score (nSPS) is 17.1. The van der Waals surface area contributed by atoms with Gasteiger partial charge in [0.15, 0.2) is 6.29 Å². The van der Waals surface area contributed by atoms with Gasteiger partial charge in [0.25, 0.3) is 5.56 Å². The molecule has 4 heterocycles. The number of hydrogen-bond acceptors (Lipinski definition) is 10. The number of carbonyl (C=O) groups is 1. The van der Waals surface area contributed by atoms with Crippen LogP contribution < -0.4 is 11.2 Å². The molecule has 47 heavy (non-hydrogen) atoms. The van der Waals surface area contributed by atoms with E-state index in [0.717, 1.165) is 29.4 Å². The lowest BCUT2D eigenvalue weighted by molar-refractivity contribution is -0.171. The number of esters is 1. The summed E-state index contributed by atoms with van der Waals surface area (Å²) in [5, 5.41) is 0.306. The van der Waals surface area contributed by atoms with Crippen LogP contribution in [0, 0.1) is 12.8 Å². The third kappa shape index (κ3) is 7.77. The summed E-state index contributed by atoms with van der Waals surface area (Å²) in [6, 6.07) is 9.64. The molecule has 2 unspecified atom stereocenters. The lowest BCUT2D eigenvalue weighted by atomic mass is 10.0. The van der Waals surface area contributed by atoms with E-state index in [2.05, 4.69) is 4.98 Å². The van der Waals surface area contributed by atoms with Crippen molar-refractivity contribution in [2.24, 2.45) is 5.92 Å². The smallest absolute Gasteiger partial charge is 0.333 e. The van der Waals surface area contributed by atoms with E-state index in [1.54, 1.807) is 27.7 Å². The summed E-state index contributed by atoms with van der Waals surface area (Å²) >= 11 is 1.25. The molecule has 0 aliphatic carbocycles. The van der Waals surface area contributed by atoms with Gasteiger partial charge in [0, 0.05) is 12.5 Å². The van der Waals surface area contributed by atoms with Crippen molar-refractivity contribution in [3.05, 3.63) is 74.8 Å². The van der Waals surface area contributed by atoms with Gasteiger partial charge >= 0.3 is 11.7 Å². The molecule has 0 amide bonds. The molecule has 3 atom stereocenters. The Morgan fingerprint density at radius 2 is 1.85 bits per heavy atom. The Kier molecular flexibility index (Phi) is 10.5. The Labute approximate surface area is 278 Å². The number of nitrogens with zero attached hydrogens (tertiary/aromatic N) is 3. The zero-order chi connectivity index (χ0) is 33.9.